The summed E-state index contributed by atoms with van der Waals surface area (Å²) >= 11 is 0. The molecule has 6 rings (SSSR count). The number of carbonyl (C=O) groups is 3. The maximum Gasteiger partial charge on any atom is 0.319 e. The molecule has 4 aromatic carbocycles. The zero-order valence-corrected chi connectivity index (χ0v) is 28.9. The van der Waals surface area contributed by atoms with E-state index in [4.69, 9.17) is 5.73 Å². The Balaban J connectivity index is 1.10. The number of primary amides is 1. The van der Waals surface area contributed by atoms with Gasteiger partial charge in [-0.15, -0.1) is 0 Å². The molecule has 4 aromatic rings. The van der Waals surface area contributed by atoms with Crippen molar-refractivity contribution < 1.29 is 14.4 Å². The van der Waals surface area contributed by atoms with Gasteiger partial charge in [0.05, 0.1) is 17.9 Å². The van der Waals surface area contributed by atoms with Crippen LogP contribution in [0.25, 0.3) is 10.8 Å². The number of fused-ring (bicyclic) bond motifs is 1. The molecule has 1 aliphatic heterocycles. The number of rotatable bonds is 14. The Kier molecular flexibility index (Phi) is 12.0. The molecule has 9 nitrogen and oxygen atoms in total. The number of anilines is 3. The number of nitrogens with two attached hydrogens (primary N) is 1. The van der Waals surface area contributed by atoms with E-state index in [0.717, 1.165) is 66.7 Å². The fourth-order valence-corrected chi connectivity index (χ4v) is 7.37. The quantitative estimate of drug-likeness (QED) is 0.121. The molecule has 9 heteroatoms. The third-order valence-corrected chi connectivity index (χ3v) is 10.1. The zero-order valence-electron chi connectivity index (χ0n) is 28.9. The number of hydrogen-bond acceptors (Lipinski definition) is 6. The molecular weight excluding hydrogens is 624 g/mol. The van der Waals surface area contributed by atoms with Gasteiger partial charge in [-0.2, -0.15) is 0 Å². The van der Waals surface area contributed by atoms with Crippen molar-refractivity contribution in [1.29, 1.82) is 0 Å². The molecule has 262 valence electrons. The number of benzene rings is 4. The standard InChI is InChI=1S/C41H50N6O3/c42-40(49)38(27-31-18-19-32-13-7-8-14-33(32)26-31)45-41(50)44-34-20-21-39(47-24-22-46(23-25-47)35-15-5-2-6-16-35)37(28-34)43-29-36(48)17-9-12-30-10-3-1-4-11-30/h1,3-4,7-8,10-11,13-14,18-21,26,28,35,38,43H,2,5-6,9,12,15-17,22-25,27,29H2,(H2,42,49)(H2,44,45,50). The molecule has 1 unspecified atom stereocenters. The van der Waals surface area contributed by atoms with Crippen LogP contribution in [0.15, 0.2) is 91.0 Å². The van der Waals surface area contributed by atoms with Gasteiger partial charge in [0, 0.05) is 50.7 Å². The topological polar surface area (TPSA) is 120 Å². The summed E-state index contributed by atoms with van der Waals surface area (Å²) < 4.78 is 0. The highest BCUT2D eigenvalue weighted by Crippen LogP contribution is 2.32. The molecule has 1 heterocycles. The molecule has 1 aliphatic carbocycles. The molecule has 50 heavy (non-hydrogen) atoms. The highest BCUT2D eigenvalue weighted by atomic mass is 16.2. The van der Waals surface area contributed by atoms with E-state index < -0.39 is 18.0 Å². The van der Waals surface area contributed by atoms with Crippen LogP contribution in [-0.2, 0) is 22.4 Å². The van der Waals surface area contributed by atoms with Crippen molar-refractivity contribution in [3.05, 3.63) is 102 Å². The molecular formula is C41H50N6O3. The van der Waals surface area contributed by atoms with Gasteiger partial charge in [-0.1, -0.05) is 92.1 Å². The summed E-state index contributed by atoms with van der Waals surface area (Å²) in [5.74, 6) is -0.466. The van der Waals surface area contributed by atoms with Crippen LogP contribution in [0.5, 0.6) is 0 Å². The third kappa shape index (κ3) is 9.63. The summed E-state index contributed by atoms with van der Waals surface area (Å²) in [5, 5.41) is 11.2. The maximum absolute atomic E-state index is 13.2. The monoisotopic (exact) mass is 674 g/mol. The first kappa shape index (κ1) is 35.0. The van der Waals surface area contributed by atoms with E-state index >= 15 is 0 Å². The first-order valence-electron chi connectivity index (χ1n) is 18.2. The van der Waals surface area contributed by atoms with Gasteiger partial charge < -0.3 is 26.6 Å². The van der Waals surface area contributed by atoms with E-state index in [2.05, 4.69) is 37.9 Å². The van der Waals surface area contributed by atoms with Crippen LogP contribution in [0.4, 0.5) is 21.9 Å². The molecule has 0 aromatic heterocycles. The van der Waals surface area contributed by atoms with Crippen molar-refractivity contribution in [2.24, 2.45) is 5.73 Å². The SMILES string of the molecule is NC(=O)C(Cc1ccc2ccccc2c1)NC(=O)Nc1ccc(N2CCN(C3CCCCC3)CC2)c(NCC(=O)CCCc2ccccc2)c1. The first-order chi connectivity index (χ1) is 24.4. The van der Waals surface area contributed by atoms with Crippen molar-refractivity contribution in [3.63, 3.8) is 0 Å². The lowest BCUT2D eigenvalue weighted by Crippen LogP contribution is -2.51. The summed E-state index contributed by atoms with van der Waals surface area (Å²) in [6.45, 7) is 4.03. The minimum atomic E-state index is -0.887. The second kappa shape index (κ2) is 17.2. The average molecular weight is 675 g/mol. The van der Waals surface area contributed by atoms with Gasteiger partial charge in [0.2, 0.25) is 5.91 Å². The highest BCUT2D eigenvalue weighted by molar-refractivity contribution is 5.95. The molecule has 1 saturated heterocycles. The fraction of sp³-hybridized carbons (Fsp3) is 0.390. The van der Waals surface area contributed by atoms with Crippen LogP contribution in [0.3, 0.4) is 0 Å². The van der Waals surface area contributed by atoms with Crippen LogP contribution in [0.1, 0.15) is 56.1 Å². The Hall–Kier alpha value is -4.89. The molecule has 0 spiro atoms. The molecule has 2 aliphatic rings. The molecule has 3 amide bonds. The van der Waals surface area contributed by atoms with E-state index in [1.165, 1.54) is 37.7 Å². The second-order valence-electron chi connectivity index (χ2n) is 13.7. The number of Topliss-reactive ketones (excluding diaryl/α,β-unsaturated/α-hetero) is 1. The number of hydrogen-bond donors (Lipinski definition) is 4. The number of nitrogens with zero attached hydrogens (tertiary/aromatic N) is 2. The molecule has 0 bridgehead atoms. The van der Waals surface area contributed by atoms with E-state index in [1.807, 2.05) is 78.9 Å². The Bertz CT molecular complexity index is 1750. The molecule has 1 atom stereocenters. The van der Waals surface area contributed by atoms with Crippen LogP contribution in [-0.4, -0.2) is 67.4 Å². The average Bonchev–Trinajstić information content (AvgIpc) is 3.14. The predicted octanol–water partition coefficient (Wildman–Crippen LogP) is 6.52. The van der Waals surface area contributed by atoms with Crippen molar-refractivity contribution >= 4 is 45.6 Å². The minimum Gasteiger partial charge on any atom is -0.376 e. The lowest BCUT2D eigenvalue weighted by molar-refractivity contribution is -0.120. The number of amides is 3. The van der Waals surface area contributed by atoms with Crippen molar-refractivity contribution in [2.45, 2.75) is 69.9 Å². The Morgan fingerprint density at radius 1 is 0.780 bits per heavy atom. The highest BCUT2D eigenvalue weighted by Gasteiger charge is 2.26. The number of aryl methyl sites for hydroxylation is 1. The predicted molar refractivity (Wildman–Crippen MR) is 203 cm³/mol. The van der Waals surface area contributed by atoms with Gasteiger partial charge >= 0.3 is 6.03 Å². The van der Waals surface area contributed by atoms with Gasteiger partial charge in [0.1, 0.15) is 6.04 Å². The van der Waals surface area contributed by atoms with Crippen LogP contribution in [0.2, 0.25) is 0 Å². The lowest BCUT2D eigenvalue weighted by atomic mass is 9.94. The molecule has 2 fully saturated rings. The van der Waals surface area contributed by atoms with Gasteiger partial charge in [0.15, 0.2) is 5.78 Å². The zero-order chi connectivity index (χ0) is 34.7. The van der Waals surface area contributed by atoms with E-state index in [9.17, 15) is 14.4 Å². The summed E-state index contributed by atoms with van der Waals surface area (Å²) in [6.07, 6.45) is 9.01. The minimum absolute atomic E-state index is 0.142. The summed E-state index contributed by atoms with van der Waals surface area (Å²) in [4.78, 5) is 43.6. The summed E-state index contributed by atoms with van der Waals surface area (Å²) in [6, 6.07) is 29.2. The normalized spacial score (nSPS) is 16.1. The van der Waals surface area contributed by atoms with Crippen molar-refractivity contribution in [2.75, 3.05) is 48.3 Å². The number of piperazine rings is 1. The molecule has 1 saturated carbocycles. The van der Waals surface area contributed by atoms with Crippen LogP contribution >= 0.6 is 0 Å². The smallest absolute Gasteiger partial charge is 0.319 e. The summed E-state index contributed by atoms with van der Waals surface area (Å²) in [7, 11) is 0. The van der Waals surface area contributed by atoms with Gasteiger partial charge in [0.25, 0.3) is 0 Å². The Morgan fingerprint density at radius 3 is 2.28 bits per heavy atom. The number of nitrogens with one attached hydrogen (secondary N) is 3. The van der Waals surface area contributed by atoms with Gasteiger partial charge in [-0.25, -0.2) is 4.79 Å². The maximum atomic E-state index is 13.2. The number of ketones is 1. The number of carbonyl (C=O) groups excluding carboxylic acids is 3. The molecule has 0 radical (unpaired) electrons. The number of urea groups is 1. The van der Waals surface area contributed by atoms with Gasteiger partial charge in [-0.3, -0.25) is 14.5 Å². The Labute approximate surface area is 295 Å². The van der Waals surface area contributed by atoms with E-state index in [-0.39, 0.29) is 18.7 Å². The lowest BCUT2D eigenvalue weighted by Gasteiger charge is -2.42. The van der Waals surface area contributed by atoms with Crippen molar-refractivity contribution in [3.8, 4) is 0 Å². The van der Waals surface area contributed by atoms with E-state index in [0.29, 0.717) is 18.2 Å². The Morgan fingerprint density at radius 2 is 1.52 bits per heavy atom. The third-order valence-electron chi connectivity index (χ3n) is 10.1. The summed E-state index contributed by atoms with van der Waals surface area (Å²) in [5.41, 5.74) is 10.2. The fourth-order valence-electron chi connectivity index (χ4n) is 7.37. The first-order valence-corrected chi connectivity index (χ1v) is 18.2. The van der Waals surface area contributed by atoms with Crippen molar-refractivity contribution in [1.82, 2.24) is 10.2 Å². The van der Waals surface area contributed by atoms with Crippen LogP contribution < -0.4 is 26.6 Å². The van der Waals surface area contributed by atoms with Gasteiger partial charge in [-0.05, 0) is 65.8 Å². The largest absolute Gasteiger partial charge is 0.376 e. The van der Waals surface area contributed by atoms with Crippen LogP contribution in [0, 0.1) is 0 Å². The molecule has 5 N–H and O–H groups in total. The second-order valence-corrected chi connectivity index (χ2v) is 13.7. The van der Waals surface area contributed by atoms with E-state index in [1.54, 1.807) is 0 Å².